The summed E-state index contributed by atoms with van der Waals surface area (Å²) in [7, 11) is 0. The number of tetrazole rings is 1. The van der Waals surface area contributed by atoms with Crippen LogP contribution in [0.5, 0.6) is 0 Å². The predicted molar refractivity (Wildman–Crippen MR) is 200 cm³/mol. The number of esters is 1. The number of nitrogen functional groups attached to an aromatic ring is 1. The topological polar surface area (TPSA) is 126 Å². The van der Waals surface area contributed by atoms with Gasteiger partial charge < -0.3 is 25.3 Å². The average molecular weight is 715 g/mol. The zero-order chi connectivity index (χ0) is 36.7. The molecular formula is C42H62N6O4. The maximum absolute atomic E-state index is 14.8. The number of allylic oxidation sites excluding steroid dienone is 1. The summed E-state index contributed by atoms with van der Waals surface area (Å²) < 4.78 is 20.2. The molecule has 2 aliphatic heterocycles. The molecule has 5 fully saturated rings. The van der Waals surface area contributed by atoms with Crippen LogP contribution < -0.4 is 11.1 Å². The highest BCUT2D eigenvalue weighted by atomic mass is 16.5. The van der Waals surface area contributed by atoms with Crippen LogP contribution in [0.4, 0.5) is 5.95 Å². The minimum atomic E-state index is -0.273. The molecule has 3 N–H and O–H groups in total. The Hall–Kier alpha value is -2.82. The lowest BCUT2D eigenvalue weighted by molar-refractivity contribution is -0.258. The number of nitrogens with two attached hydrogens (primary N) is 1. The third-order valence-electron chi connectivity index (χ3n) is 16.4. The third-order valence-corrected chi connectivity index (χ3v) is 16.4. The number of carbonyl (C=O) groups is 1. The fourth-order valence-electron chi connectivity index (χ4n) is 13.2. The van der Waals surface area contributed by atoms with Gasteiger partial charge >= 0.3 is 5.97 Å². The third kappa shape index (κ3) is 5.27. The molecule has 12 atom stereocenters. The van der Waals surface area contributed by atoms with Crippen molar-refractivity contribution in [3.8, 4) is 0 Å². The van der Waals surface area contributed by atoms with Crippen LogP contribution in [-0.4, -0.2) is 64.7 Å². The second-order valence-electron chi connectivity index (χ2n) is 19.0. The Bertz CT molecular complexity index is 1670. The molecule has 8 rings (SSSR count). The molecule has 10 heteroatoms. The van der Waals surface area contributed by atoms with Crippen LogP contribution in [0.1, 0.15) is 105 Å². The predicted octanol–water partition coefficient (Wildman–Crippen LogP) is 6.79. The Labute approximate surface area is 310 Å². The van der Waals surface area contributed by atoms with Crippen LogP contribution in [0.2, 0.25) is 0 Å². The first-order valence-electron chi connectivity index (χ1n) is 20.2. The van der Waals surface area contributed by atoms with Gasteiger partial charge in [0, 0.05) is 17.4 Å². The summed E-state index contributed by atoms with van der Waals surface area (Å²) in [6, 6.07) is 10.0. The second kappa shape index (κ2) is 12.9. The van der Waals surface area contributed by atoms with E-state index in [1.807, 2.05) is 30.3 Å². The highest BCUT2D eigenvalue weighted by Crippen LogP contribution is 2.75. The van der Waals surface area contributed by atoms with Crippen molar-refractivity contribution in [2.75, 3.05) is 32.0 Å². The molecule has 2 bridgehead atoms. The Morgan fingerprint density at radius 3 is 2.54 bits per heavy atom. The van der Waals surface area contributed by atoms with E-state index >= 15 is 0 Å². The minimum absolute atomic E-state index is 0.0291. The second-order valence-corrected chi connectivity index (χ2v) is 19.0. The lowest BCUT2D eigenvalue weighted by Crippen LogP contribution is -2.69. The zero-order valence-corrected chi connectivity index (χ0v) is 32.6. The van der Waals surface area contributed by atoms with Gasteiger partial charge in [0.2, 0.25) is 0 Å². The molecule has 284 valence electrons. The van der Waals surface area contributed by atoms with E-state index in [0.717, 1.165) is 63.6 Å². The maximum atomic E-state index is 14.8. The van der Waals surface area contributed by atoms with Crippen LogP contribution >= 0.6 is 0 Å². The van der Waals surface area contributed by atoms with Crippen LogP contribution in [0, 0.1) is 56.7 Å². The molecule has 0 amide bonds. The number of ether oxygens (including phenoxy) is 3. The standard InChI is InChI=1S/C42H62N6O4/c1-26(2)27(3)38(4)18-19-40(6)30-13-14-33-39(5)24-50-25-42(33,21-32(48-46-37(43)45-47-48)35(39)52-29-16-20-44-22-29)31(30)15-17-41(40,7)34(38)36(49)51-23-28-11-9-8-10-12-28/h8-12,15,26-27,29-30,32-35,44H,13-14,16-25H2,1-7H3,(H2,43,46)/t27-,29?,30+,32-,33+,34-,35+,38-,39+,40-,41+,42?/m1/s1. The van der Waals surface area contributed by atoms with Crippen LogP contribution in [-0.2, 0) is 25.6 Å². The van der Waals surface area contributed by atoms with E-state index in [0.29, 0.717) is 43.5 Å². The molecule has 10 nitrogen and oxygen atoms in total. The number of carbonyl (C=O) groups excluding carboxylic acids is 1. The number of nitrogens with zero attached hydrogens (tertiary/aromatic N) is 4. The zero-order valence-electron chi connectivity index (χ0n) is 32.6. The fraction of sp³-hybridized carbons (Fsp3) is 0.762. The summed E-state index contributed by atoms with van der Waals surface area (Å²) in [4.78, 5) is 16.5. The van der Waals surface area contributed by atoms with Gasteiger partial charge in [0.05, 0.1) is 31.3 Å². The Morgan fingerprint density at radius 1 is 1.06 bits per heavy atom. The molecule has 3 saturated carbocycles. The minimum Gasteiger partial charge on any atom is -0.461 e. The molecule has 1 aromatic heterocycles. The first-order chi connectivity index (χ1) is 24.8. The summed E-state index contributed by atoms with van der Waals surface area (Å²) >= 11 is 0. The lowest BCUT2D eigenvalue weighted by Gasteiger charge is -2.71. The highest BCUT2D eigenvalue weighted by molar-refractivity contribution is 5.75. The first-order valence-corrected chi connectivity index (χ1v) is 20.2. The van der Waals surface area contributed by atoms with E-state index in [1.165, 1.54) is 0 Å². The average Bonchev–Trinajstić information content (AvgIpc) is 3.81. The van der Waals surface area contributed by atoms with Gasteiger partial charge in [0.15, 0.2) is 0 Å². The van der Waals surface area contributed by atoms with E-state index in [4.69, 9.17) is 19.9 Å². The molecule has 1 aromatic carbocycles. The quantitative estimate of drug-likeness (QED) is 0.225. The van der Waals surface area contributed by atoms with Gasteiger partial charge in [-0.3, -0.25) is 4.79 Å². The molecule has 4 aliphatic carbocycles. The van der Waals surface area contributed by atoms with Crippen LogP contribution in [0.15, 0.2) is 42.0 Å². The van der Waals surface area contributed by atoms with Crippen molar-refractivity contribution in [1.29, 1.82) is 0 Å². The van der Waals surface area contributed by atoms with Gasteiger partial charge in [-0.25, -0.2) is 0 Å². The lowest BCUT2D eigenvalue weighted by atomic mass is 9.34. The van der Waals surface area contributed by atoms with E-state index < -0.39 is 0 Å². The van der Waals surface area contributed by atoms with E-state index in [1.54, 1.807) is 10.4 Å². The number of benzene rings is 1. The van der Waals surface area contributed by atoms with Crippen molar-refractivity contribution in [1.82, 2.24) is 25.5 Å². The van der Waals surface area contributed by atoms with E-state index in [2.05, 4.69) is 75.3 Å². The van der Waals surface area contributed by atoms with Crippen molar-refractivity contribution in [2.24, 2.45) is 56.7 Å². The highest BCUT2D eigenvalue weighted by Gasteiger charge is 2.72. The van der Waals surface area contributed by atoms with Crippen molar-refractivity contribution in [3.05, 3.63) is 47.5 Å². The Balaban J connectivity index is 1.19. The first kappa shape index (κ1) is 36.2. The summed E-state index contributed by atoms with van der Waals surface area (Å²) in [6.07, 6.45) is 9.59. The van der Waals surface area contributed by atoms with Gasteiger partial charge in [-0.2, -0.15) is 4.80 Å². The molecule has 0 spiro atoms. The molecule has 2 saturated heterocycles. The van der Waals surface area contributed by atoms with Gasteiger partial charge in [-0.1, -0.05) is 95.5 Å². The van der Waals surface area contributed by atoms with Crippen LogP contribution in [0.3, 0.4) is 0 Å². The fourth-order valence-corrected chi connectivity index (χ4v) is 13.2. The molecule has 2 aromatic rings. The van der Waals surface area contributed by atoms with Crippen molar-refractivity contribution < 1.29 is 19.0 Å². The van der Waals surface area contributed by atoms with E-state index in [9.17, 15) is 4.79 Å². The summed E-state index contributed by atoms with van der Waals surface area (Å²) in [6.45, 7) is 20.2. The Kier molecular flexibility index (Phi) is 8.97. The molecule has 2 unspecified atom stereocenters. The number of hydrogen-bond donors (Lipinski definition) is 2. The molecule has 52 heavy (non-hydrogen) atoms. The molecule has 3 heterocycles. The maximum Gasteiger partial charge on any atom is 0.310 e. The number of aromatic nitrogens is 4. The van der Waals surface area contributed by atoms with E-state index in [-0.39, 0.29) is 63.2 Å². The van der Waals surface area contributed by atoms with Gasteiger partial charge in [0.25, 0.3) is 5.95 Å². The molecule has 0 radical (unpaired) electrons. The largest absolute Gasteiger partial charge is 0.461 e. The summed E-state index contributed by atoms with van der Waals surface area (Å²) in [5.41, 5.74) is 7.72. The SMILES string of the molecule is CC(C)[C@@H](C)[C@@]1(C)CC[C@]2(C)[C@H]3CC[C@@H]4C5(COC[C@]4(C)[C@@H](OC4CCNC4)[C@H](n4nnc(N)n4)C5)C3=CC[C@@]2(C)[C@@H]1C(=O)OCc1ccccc1. The van der Waals surface area contributed by atoms with Crippen molar-refractivity contribution in [2.45, 2.75) is 118 Å². The number of fused-ring (bicyclic) bond motifs is 3. The molecule has 6 aliphatic rings. The summed E-state index contributed by atoms with van der Waals surface area (Å²) in [5, 5.41) is 16.8. The van der Waals surface area contributed by atoms with Gasteiger partial charge in [-0.15, -0.1) is 5.10 Å². The number of nitrogens with one attached hydrogen (secondary N) is 1. The van der Waals surface area contributed by atoms with Gasteiger partial charge in [-0.05, 0) is 102 Å². The smallest absolute Gasteiger partial charge is 0.310 e. The summed E-state index contributed by atoms with van der Waals surface area (Å²) in [5.74, 6) is 1.50. The number of rotatable bonds is 8. The Morgan fingerprint density at radius 2 is 1.85 bits per heavy atom. The van der Waals surface area contributed by atoms with Crippen molar-refractivity contribution >= 4 is 11.9 Å². The normalized spacial score (nSPS) is 43.2. The number of hydrogen-bond acceptors (Lipinski definition) is 9. The van der Waals surface area contributed by atoms with Crippen molar-refractivity contribution in [3.63, 3.8) is 0 Å². The van der Waals surface area contributed by atoms with Crippen LogP contribution in [0.25, 0.3) is 0 Å². The van der Waals surface area contributed by atoms with Gasteiger partial charge in [0.1, 0.15) is 12.6 Å². The monoisotopic (exact) mass is 714 g/mol. The molecular weight excluding hydrogens is 652 g/mol. The number of anilines is 1.